The van der Waals surface area contributed by atoms with E-state index in [1.165, 1.54) is 23.1 Å². The molecule has 2 heterocycles. The summed E-state index contributed by atoms with van der Waals surface area (Å²) in [4.78, 5) is 25.8. The predicted octanol–water partition coefficient (Wildman–Crippen LogP) is 3.24. The maximum Gasteiger partial charge on any atom is 0.227 e. The van der Waals surface area contributed by atoms with Crippen LogP contribution in [0.5, 0.6) is 0 Å². The van der Waals surface area contributed by atoms with Gasteiger partial charge in [-0.15, -0.1) is 16.8 Å². The summed E-state index contributed by atoms with van der Waals surface area (Å²) in [5, 5.41) is 11.8. The van der Waals surface area contributed by atoms with E-state index in [-0.39, 0.29) is 11.7 Å². The first-order chi connectivity index (χ1) is 12.2. The van der Waals surface area contributed by atoms with Crippen LogP contribution in [0.4, 0.5) is 10.8 Å². The molecule has 0 aliphatic carbocycles. The molecule has 1 saturated heterocycles. The van der Waals surface area contributed by atoms with Gasteiger partial charge in [-0.05, 0) is 30.7 Å². The number of nitrogens with zero attached hydrogens (tertiary/aromatic N) is 3. The summed E-state index contributed by atoms with van der Waals surface area (Å²) in [6.07, 6.45) is 3.24. The van der Waals surface area contributed by atoms with Gasteiger partial charge in [0, 0.05) is 30.8 Å². The second-order valence-electron chi connectivity index (χ2n) is 5.45. The lowest BCUT2D eigenvalue weighted by Crippen LogP contribution is -2.23. The summed E-state index contributed by atoms with van der Waals surface area (Å²) >= 11 is 2.79. The number of amides is 1. The Morgan fingerprint density at radius 1 is 1.36 bits per heavy atom. The molecule has 1 N–H and O–H groups in total. The Hall–Kier alpha value is -2.19. The van der Waals surface area contributed by atoms with Gasteiger partial charge >= 0.3 is 0 Å². The minimum atomic E-state index is 0.0279. The van der Waals surface area contributed by atoms with Gasteiger partial charge in [-0.25, -0.2) is 0 Å². The zero-order valence-electron chi connectivity index (χ0n) is 13.6. The van der Waals surface area contributed by atoms with E-state index in [1.54, 1.807) is 23.1 Å². The molecular weight excluding hydrogens is 356 g/mol. The van der Waals surface area contributed by atoms with E-state index in [0.29, 0.717) is 24.3 Å². The van der Waals surface area contributed by atoms with Gasteiger partial charge in [-0.1, -0.05) is 29.2 Å². The van der Waals surface area contributed by atoms with E-state index in [1.807, 2.05) is 12.1 Å². The van der Waals surface area contributed by atoms with Crippen molar-refractivity contribution in [3.63, 3.8) is 0 Å². The van der Waals surface area contributed by atoms with Crippen molar-refractivity contribution in [2.75, 3.05) is 29.1 Å². The van der Waals surface area contributed by atoms with E-state index in [0.717, 1.165) is 28.1 Å². The van der Waals surface area contributed by atoms with Crippen LogP contribution in [-0.2, 0) is 4.79 Å². The molecule has 1 amide bonds. The second-order valence-corrected chi connectivity index (χ2v) is 7.65. The fourth-order valence-electron chi connectivity index (χ4n) is 2.46. The zero-order valence-corrected chi connectivity index (χ0v) is 15.2. The van der Waals surface area contributed by atoms with Crippen molar-refractivity contribution in [3.05, 3.63) is 42.5 Å². The summed E-state index contributed by atoms with van der Waals surface area (Å²) in [6.45, 7) is 5.01. The van der Waals surface area contributed by atoms with Gasteiger partial charge in [0.15, 0.2) is 10.1 Å². The maximum atomic E-state index is 12.3. The number of carbonyl (C=O) groups is 2. The lowest BCUT2D eigenvalue weighted by molar-refractivity contribution is -0.117. The molecule has 1 aromatic heterocycles. The number of rotatable bonds is 8. The standard InChI is InChI=1S/C17H18N4O2S2/c1-2-9-18-16-19-20-17(25-16)24-11-14(22)12-5-7-13(8-6-12)21-10-3-4-15(21)23/h2,5-8H,1,3-4,9-11H2,(H,18,19). The molecule has 6 nitrogen and oxygen atoms in total. The third-order valence-corrected chi connectivity index (χ3v) is 5.72. The van der Waals surface area contributed by atoms with Gasteiger partial charge in [0.25, 0.3) is 0 Å². The fraction of sp³-hybridized carbons (Fsp3) is 0.294. The van der Waals surface area contributed by atoms with E-state index in [2.05, 4.69) is 22.1 Å². The van der Waals surface area contributed by atoms with Crippen LogP contribution in [0.25, 0.3) is 0 Å². The number of hydrogen-bond acceptors (Lipinski definition) is 7. The van der Waals surface area contributed by atoms with Crippen molar-refractivity contribution in [1.82, 2.24) is 10.2 Å². The maximum absolute atomic E-state index is 12.3. The summed E-state index contributed by atoms with van der Waals surface area (Å²) in [7, 11) is 0. The molecule has 0 saturated carbocycles. The van der Waals surface area contributed by atoms with Crippen LogP contribution in [0.1, 0.15) is 23.2 Å². The van der Waals surface area contributed by atoms with Crippen LogP contribution < -0.4 is 10.2 Å². The van der Waals surface area contributed by atoms with E-state index >= 15 is 0 Å². The molecule has 130 valence electrons. The minimum absolute atomic E-state index is 0.0279. The van der Waals surface area contributed by atoms with Gasteiger partial charge in [0.2, 0.25) is 11.0 Å². The highest BCUT2D eigenvalue weighted by Crippen LogP contribution is 2.27. The van der Waals surface area contributed by atoms with Gasteiger partial charge in [-0.3, -0.25) is 9.59 Å². The average Bonchev–Trinajstić information content (AvgIpc) is 3.27. The number of thioether (sulfide) groups is 1. The first kappa shape index (κ1) is 17.6. The van der Waals surface area contributed by atoms with E-state index in [9.17, 15) is 9.59 Å². The Balaban J connectivity index is 1.55. The van der Waals surface area contributed by atoms with Crippen molar-refractivity contribution in [3.8, 4) is 0 Å². The summed E-state index contributed by atoms with van der Waals surface area (Å²) in [5.74, 6) is 0.477. The monoisotopic (exact) mass is 374 g/mol. The van der Waals surface area contributed by atoms with Gasteiger partial charge in [0.1, 0.15) is 0 Å². The number of aromatic nitrogens is 2. The molecule has 0 atom stereocenters. The molecule has 0 spiro atoms. The lowest BCUT2D eigenvalue weighted by atomic mass is 10.1. The molecule has 8 heteroatoms. The third-order valence-electron chi connectivity index (χ3n) is 3.71. The molecule has 1 aliphatic rings. The Morgan fingerprint density at radius 3 is 2.84 bits per heavy atom. The number of carbonyl (C=O) groups excluding carboxylic acids is 2. The van der Waals surface area contributed by atoms with Crippen molar-refractivity contribution < 1.29 is 9.59 Å². The number of ketones is 1. The van der Waals surface area contributed by atoms with Crippen molar-refractivity contribution >= 4 is 45.6 Å². The molecule has 3 rings (SSSR count). The van der Waals surface area contributed by atoms with Crippen LogP contribution in [0.2, 0.25) is 0 Å². The van der Waals surface area contributed by atoms with Crippen molar-refractivity contribution in [1.29, 1.82) is 0 Å². The number of nitrogens with one attached hydrogen (secondary N) is 1. The lowest BCUT2D eigenvalue weighted by Gasteiger charge is -2.15. The summed E-state index contributed by atoms with van der Waals surface area (Å²) in [6, 6.07) is 7.23. The molecule has 25 heavy (non-hydrogen) atoms. The fourth-order valence-corrected chi connectivity index (χ4v) is 4.11. The normalized spacial score (nSPS) is 13.9. The highest BCUT2D eigenvalue weighted by atomic mass is 32.2. The first-order valence-corrected chi connectivity index (χ1v) is 9.72. The molecular formula is C17H18N4O2S2. The number of anilines is 2. The topological polar surface area (TPSA) is 75.2 Å². The Labute approximate surface area is 154 Å². The average molecular weight is 374 g/mol. The Morgan fingerprint density at radius 2 is 2.16 bits per heavy atom. The highest BCUT2D eigenvalue weighted by molar-refractivity contribution is 8.01. The Kier molecular flexibility index (Phi) is 5.83. The minimum Gasteiger partial charge on any atom is -0.357 e. The SMILES string of the molecule is C=CCNc1nnc(SCC(=O)c2ccc(N3CCCC3=O)cc2)s1. The zero-order chi connectivity index (χ0) is 17.6. The van der Waals surface area contributed by atoms with Crippen molar-refractivity contribution in [2.24, 2.45) is 0 Å². The second kappa shape index (κ2) is 8.26. The largest absolute Gasteiger partial charge is 0.357 e. The summed E-state index contributed by atoms with van der Waals surface area (Å²) < 4.78 is 0.749. The van der Waals surface area contributed by atoms with Crippen LogP contribution >= 0.6 is 23.1 Å². The Bertz CT molecular complexity index is 773. The third kappa shape index (κ3) is 4.46. The molecule has 0 radical (unpaired) electrons. The number of Topliss-reactive ketones (excluding diaryl/α,β-unsaturated/α-hetero) is 1. The van der Waals surface area contributed by atoms with Gasteiger partial charge in [0.05, 0.1) is 5.75 Å². The molecule has 1 aliphatic heterocycles. The molecule has 0 unspecified atom stereocenters. The molecule has 0 bridgehead atoms. The van der Waals surface area contributed by atoms with Crippen molar-refractivity contribution in [2.45, 2.75) is 17.2 Å². The van der Waals surface area contributed by atoms with E-state index < -0.39 is 0 Å². The smallest absolute Gasteiger partial charge is 0.227 e. The molecule has 1 aromatic carbocycles. The van der Waals surface area contributed by atoms with Crippen LogP contribution in [-0.4, -0.2) is 40.7 Å². The predicted molar refractivity (Wildman–Crippen MR) is 102 cm³/mol. The van der Waals surface area contributed by atoms with Crippen LogP contribution in [0.15, 0.2) is 41.3 Å². The van der Waals surface area contributed by atoms with Crippen LogP contribution in [0, 0.1) is 0 Å². The van der Waals surface area contributed by atoms with Crippen LogP contribution in [0.3, 0.4) is 0 Å². The first-order valence-electron chi connectivity index (χ1n) is 7.92. The van der Waals surface area contributed by atoms with E-state index in [4.69, 9.17) is 0 Å². The number of benzene rings is 1. The molecule has 2 aromatic rings. The van der Waals surface area contributed by atoms with Gasteiger partial charge in [-0.2, -0.15) is 0 Å². The molecule has 1 fully saturated rings. The quantitative estimate of drug-likeness (QED) is 0.434. The number of hydrogen-bond donors (Lipinski definition) is 1. The summed E-state index contributed by atoms with van der Waals surface area (Å²) in [5.41, 5.74) is 1.49. The van der Waals surface area contributed by atoms with Gasteiger partial charge < -0.3 is 10.2 Å². The highest BCUT2D eigenvalue weighted by Gasteiger charge is 2.21.